The average Bonchev–Trinajstić information content (AvgIpc) is 3.34. The van der Waals surface area contributed by atoms with Gasteiger partial charge in [0, 0.05) is 56.2 Å². The molecule has 0 aliphatic carbocycles. The molecule has 2 heterocycles. The first-order chi connectivity index (χ1) is 25.0. The largest absolute Gasteiger partial charge is 0.480 e. The zero-order valence-corrected chi connectivity index (χ0v) is 29.6. The third-order valence-electron chi connectivity index (χ3n) is 9.75. The fourth-order valence-corrected chi connectivity index (χ4v) is 6.51. The van der Waals surface area contributed by atoms with E-state index in [0.717, 1.165) is 36.3 Å². The first-order valence-corrected chi connectivity index (χ1v) is 17.6. The molecule has 2 N–H and O–H groups in total. The van der Waals surface area contributed by atoms with Crippen LogP contribution >= 0.6 is 0 Å². The Kier molecular flexibility index (Phi) is 11.2. The highest BCUT2D eigenvalue weighted by Crippen LogP contribution is 2.25. The van der Waals surface area contributed by atoms with Gasteiger partial charge in [0.2, 0.25) is 5.76 Å². The molecule has 2 amide bonds. The summed E-state index contributed by atoms with van der Waals surface area (Å²) in [4.78, 5) is 48.5. The molecule has 2 unspecified atom stereocenters. The lowest BCUT2D eigenvalue weighted by molar-refractivity contribution is -0.139. The second kappa shape index (κ2) is 16.2. The van der Waals surface area contributed by atoms with Gasteiger partial charge in [-0.3, -0.25) is 14.5 Å². The Balaban J connectivity index is 1.07. The van der Waals surface area contributed by atoms with Crippen molar-refractivity contribution < 1.29 is 28.7 Å². The van der Waals surface area contributed by atoms with E-state index in [1.165, 1.54) is 23.3 Å². The third-order valence-corrected chi connectivity index (χ3v) is 9.75. The number of allylic oxidation sites excluding steroid dienone is 1. The predicted molar refractivity (Wildman–Crippen MR) is 198 cm³/mol. The summed E-state index contributed by atoms with van der Waals surface area (Å²) in [6.45, 7) is 9.41. The Morgan fingerprint density at radius 2 is 1.67 bits per heavy atom. The van der Waals surface area contributed by atoms with Gasteiger partial charge in [-0.2, -0.15) is 0 Å². The van der Waals surface area contributed by atoms with Gasteiger partial charge < -0.3 is 20.2 Å². The lowest BCUT2D eigenvalue weighted by atomic mass is 9.93. The maximum atomic E-state index is 15.6. The van der Waals surface area contributed by atoms with Crippen molar-refractivity contribution in [2.45, 2.75) is 46.2 Å². The van der Waals surface area contributed by atoms with Crippen molar-refractivity contribution in [3.63, 3.8) is 0 Å². The maximum Gasteiger partial charge on any atom is 0.326 e. The number of rotatable bonds is 10. The number of carboxylic acids is 1. The number of hydrogen-bond donors (Lipinski definition) is 2. The highest BCUT2D eigenvalue weighted by atomic mass is 19.1. The number of nitrogens with one attached hydrogen (secondary N) is 1. The van der Waals surface area contributed by atoms with Crippen LogP contribution in [0.15, 0.2) is 108 Å². The van der Waals surface area contributed by atoms with Crippen LogP contribution in [-0.2, 0) is 27.4 Å². The summed E-state index contributed by atoms with van der Waals surface area (Å²) in [5.41, 5.74) is 6.66. The van der Waals surface area contributed by atoms with E-state index in [1.54, 1.807) is 35.2 Å². The van der Waals surface area contributed by atoms with Crippen molar-refractivity contribution >= 4 is 23.5 Å². The van der Waals surface area contributed by atoms with Gasteiger partial charge >= 0.3 is 5.97 Å². The number of halogens is 1. The summed E-state index contributed by atoms with van der Waals surface area (Å²) >= 11 is 0. The predicted octanol–water partition coefficient (Wildman–Crippen LogP) is 6.52. The molecular formula is C42H43FN4O5. The summed E-state index contributed by atoms with van der Waals surface area (Å²) in [6.07, 6.45) is 2.01. The van der Waals surface area contributed by atoms with Crippen LogP contribution in [0.5, 0.6) is 0 Å². The number of aryl methyl sites for hydroxylation is 2. The molecule has 0 radical (unpaired) electrons. The molecule has 0 aromatic heterocycles. The lowest BCUT2D eigenvalue weighted by Gasteiger charge is -2.34. The minimum absolute atomic E-state index is 0.121. The Morgan fingerprint density at radius 3 is 2.38 bits per heavy atom. The molecule has 0 saturated carbocycles. The van der Waals surface area contributed by atoms with E-state index in [-0.39, 0.29) is 29.6 Å². The summed E-state index contributed by atoms with van der Waals surface area (Å²) < 4.78 is 15.6. The number of benzene rings is 4. The number of amides is 2. The van der Waals surface area contributed by atoms with Crippen LogP contribution in [0.25, 0.3) is 11.1 Å². The van der Waals surface area contributed by atoms with Crippen LogP contribution in [0.3, 0.4) is 0 Å². The number of aliphatic carboxylic acids is 1. The molecule has 9 nitrogen and oxygen atoms in total. The maximum absolute atomic E-state index is 15.6. The molecule has 2 aliphatic rings. The van der Waals surface area contributed by atoms with Crippen LogP contribution in [0, 0.1) is 25.6 Å². The van der Waals surface area contributed by atoms with Crippen molar-refractivity contribution in [2.75, 3.05) is 26.2 Å². The topological polar surface area (TPSA) is 112 Å². The molecule has 0 spiro atoms. The number of piperazine rings is 1. The number of carbonyl (C=O) groups excluding carboxylic acids is 2. The smallest absolute Gasteiger partial charge is 0.326 e. The fourth-order valence-electron chi connectivity index (χ4n) is 6.51. The molecule has 268 valence electrons. The molecule has 4 aromatic rings. The van der Waals surface area contributed by atoms with Gasteiger partial charge in [-0.25, -0.2) is 9.18 Å². The van der Waals surface area contributed by atoms with Crippen LogP contribution < -0.4 is 5.32 Å². The molecule has 1 fully saturated rings. The molecule has 1 saturated heterocycles. The van der Waals surface area contributed by atoms with Crippen LogP contribution in [0.1, 0.15) is 51.5 Å². The zero-order chi connectivity index (χ0) is 36.8. The summed E-state index contributed by atoms with van der Waals surface area (Å²) in [5.74, 6) is -2.76. The fraction of sp³-hybridized carbons (Fsp3) is 0.286. The van der Waals surface area contributed by atoms with Gasteiger partial charge in [0.15, 0.2) is 0 Å². The van der Waals surface area contributed by atoms with Crippen molar-refractivity contribution in [1.29, 1.82) is 0 Å². The number of carboxylic acid groups (broad SMARTS) is 1. The molecule has 52 heavy (non-hydrogen) atoms. The Morgan fingerprint density at radius 1 is 0.923 bits per heavy atom. The van der Waals surface area contributed by atoms with E-state index < -0.39 is 23.7 Å². The highest BCUT2D eigenvalue weighted by Gasteiger charge is 2.29. The zero-order valence-electron chi connectivity index (χ0n) is 29.6. The molecule has 2 atom stereocenters. The van der Waals surface area contributed by atoms with Gasteiger partial charge in [-0.05, 0) is 78.4 Å². The van der Waals surface area contributed by atoms with Crippen LogP contribution in [0.2, 0.25) is 0 Å². The van der Waals surface area contributed by atoms with E-state index >= 15 is 4.39 Å². The van der Waals surface area contributed by atoms with Gasteiger partial charge in [0.1, 0.15) is 11.9 Å². The minimum Gasteiger partial charge on any atom is -0.480 e. The van der Waals surface area contributed by atoms with Crippen molar-refractivity contribution in [3.05, 3.63) is 142 Å². The van der Waals surface area contributed by atoms with Gasteiger partial charge in [0.25, 0.3) is 11.8 Å². The molecule has 6 rings (SSSR count). The first-order valence-electron chi connectivity index (χ1n) is 17.6. The Bertz CT molecular complexity index is 2020. The monoisotopic (exact) mass is 702 g/mol. The van der Waals surface area contributed by atoms with E-state index in [9.17, 15) is 19.5 Å². The Labute approximate surface area is 303 Å². The van der Waals surface area contributed by atoms with Gasteiger partial charge in [-0.1, -0.05) is 84.4 Å². The van der Waals surface area contributed by atoms with Gasteiger partial charge in [-0.15, -0.1) is 0 Å². The second-order valence-electron chi connectivity index (χ2n) is 13.6. The van der Waals surface area contributed by atoms with Gasteiger partial charge in [0.05, 0.1) is 5.71 Å². The molecule has 10 heteroatoms. The van der Waals surface area contributed by atoms with Crippen molar-refractivity contribution in [2.24, 2.45) is 11.1 Å². The minimum atomic E-state index is -1.29. The summed E-state index contributed by atoms with van der Waals surface area (Å²) in [6, 6.07) is 26.3. The standard InChI is InChI=1S/C42H43FN4O5/c1-27-11-15-31(16-12-27)32-9-6-10-33(25-32)40(48)44-37(42(50)51)24-30-14-17-35(36(43)23-30)39-29(3)13-18-38(52-45-39)41(49)47-21-19-46(20-22-47)26-34-8-5-4-7-28(34)2/h4-12,14-18,23,25,29,37H,13,19-22,24,26H2,1-3H3,(H,44,48)(H,50,51). The van der Waals surface area contributed by atoms with E-state index in [0.29, 0.717) is 36.3 Å². The highest BCUT2D eigenvalue weighted by molar-refractivity contribution is 6.03. The quantitative estimate of drug-likeness (QED) is 0.195. The number of nitrogens with zero attached hydrogens (tertiary/aromatic N) is 3. The average molecular weight is 703 g/mol. The lowest BCUT2D eigenvalue weighted by Crippen LogP contribution is -2.48. The number of oxime groups is 1. The summed E-state index contributed by atoms with van der Waals surface area (Å²) in [7, 11) is 0. The first kappa shape index (κ1) is 36.2. The molecular weight excluding hydrogens is 659 g/mol. The van der Waals surface area contributed by atoms with E-state index in [1.807, 2.05) is 56.3 Å². The molecule has 0 bridgehead atoms. The SMILES string of the molecule is Cc1ccc(-c2cccc(C(=O)NC(Cc3ccc(C4=NOC(C(=O)N5CCN(Cc6ccccc6C)CC5)=CCC4C)c(F)c3)C(=O)O)c2)cc1. The Hall–Kier alpha value is -5.61. The van der Waals surface area contributed by atoms with Crippen molar-refractivity contribution in [3.8, 4) is 11.1 Å². The molecule has 4 aromatic carbocycles. The number of carbonyl (C=O) groups is 3. The molecule has 2 aliphatic heterocycles. The van der Waals surface area contributed by atoms with Crippen LogP contribution in [0.4, 0.5) is 4.39 Å². The van der Waals surface area contributed by atoms with E-state index in [4.69, 9.17) is 4.84 Å². The van der Waals surface area contributed by atoms with Crippen molar-refractivity contribution in [1.82, 2.24) is 15.1 Å². The number of hydrogen-bond acceptors (Lipinski definition) is 6. The van der Waals surface area contributed by atoms with E-state index in [2.05, 4.69) is 34.4 Å². The third kappa shape index (κ3) is 8.63. The summed E-state index contributed by atoms with van der Waals surface area (Å²) in [5, 5.41) is 16.8. The van der Waals surface area contributed by atoms with Crippen LogP contribution in [-0.4, -0.2) is 70.6 Å². The normalized spacial score (nSPS) is 16.9. The second-order valence-corrected chi connectivity index (χ2v) is 13.6.